The van der Waals surface area contributed by atoms with Gasteiger partial charge in [0.2, 0.25) is 10.0 Å². The maximum Gasteiger partial charge on any atom is 0.490 e. The first kappa shape index (κ1) is 27.7. The normalized spacial score (nSPS) is 25.5. The maximum atomic E-state index is 13.0. The van der Waals surface area contributed by atoms with Crippen molar-refractivity contribution in [3.05, 3.63) is 22.4 Å². The van der Waals surface area contributed by atoms with E-state index in [9.17, 15) is 26.4 Å². The number of likely N-dealkylation sites (tertiary alicyclic amines) is 3. The van der Waals surface area contributed by atoms with Gasteiger partial charge in [0, 0.05) is 55.6 Å². The van der Waals surface area contributed by atoms with E-state index in [-0.39, 0.29) is 17.5 Å². The van der Waals surface area contributed by atoms with Gasteiger partial charge in [0.1, 0.15) is 0 Å². The number of halogens is 3. The van der Waals surface area contributed by atoms with Crippen LogP contribution in [-0.2, 0) is 21.4 Å². The molecule has 2 N–H and O–H groups in total. The SMILES string of the molecule is CS(=O)(=O)NC1CCN(C(=O)N2CCCC2)CC12CCN(Cc1cccs1)C2.O=C(O)C(F)(F)F. The van der Waals surface area contributed by atoms with Crippen LogP contribution in [-0.4, -0.2) is 98.0 Å². The Balaban J connectivity index is 0.000000429. The highest BCUT2D eigenvalue weighted by Gasteiger charge is 2.50. The van der Waals surface area contributed by atoms with E-state index in [4.69, 9.17) is 9.90 Å². The van der Waals surface area contributed by atoms with Crippen molar-refractivity contribution in [2.24, 2.45) is 5.41 Å². The average Bonchev–Trinajstić information content (AvgIpc) is 3.51. The van der Waals surface area contributed by atoms with Gasteiger partial charge < -0.3 is 14.9 Å². The molecule has 1 spiro atoms. The first-order valence-corrected chi connectivity index (χ1v) is 14.1. The quantitative estimate of drug-likeness (QED) is 0.607. The third kappa shape index (κ3) is 7.54. The number of nitrogens with one attached hydrogen (secondary N) is 1. The van der Waals surface area contributed by atoms with E-state index in [2.05, 4.69) is 27.1 Å². The summed E-state index contributed by atoms with van der Waals surface area (Å²) >= 11 is 1.75. The van der Waals surface area contributed by atoms with Gasteiger partial charge in [0.05, 0.1) is 6.26 Å². The first-order valence-electron chi connectivity index (χ1n) is 11.4. The van der Waals surface area contributed by atoms with Crippen LogP contribution in [0.2, 0.25) is 0 Å². The van der Waals surface area contributed by atoms with Crippen molar-refractivity contribution < 1.29 is 36.3 Å². The van der Waals surface area contributed by atoms with Crippen LogP contribution < -0.4 is 4.72 Å². The van der Waals surface area contributed by atoms with Crippen LogP contribution in [0.4, 0.5) is 18.0 Å². The Morgan fingerprint density at radius 1 is 1.17 bits per heavy atom. The highest BCUT2D eigenvalue weighted by atomic mass is 32.2. The molecule has 3 aliphatic heterocycles. The lowest BCUT2D eigenvalue weighted by Crippen LogP contribution is -2.61. The lowest BCUT2D eigenvalue weighted by Gasteiger charge is -2.47. The Morgan fingerprint density at radius 2 is 1.83 bits per heavy atom. The topological polar surface area (TPSA) is 110 Å². The van der Waals surface area contributed by atoms with Gasteiger partial charge >= 0.3 is 18.2 Å². The molecular formula is C21H31F3N4O5S2. The molecule has 0 aromatic carbocycles. The molecule has 9 nitrogen and oxygen atoms in total. The molecule has 3 aliphatic rings. The van der Waals surface area contributed by atoms with Gasteiger partial charge in [-0.1, -0.05) is 6.07 Å². The molecule has 14 heteroatoms. The van der Waals surface area contributed by atoms with Crippen LogP contribution in [0.15, 0.2) is 17.5 Å². The van der Waals surface area contributed by atoms with E-state index in [0.29, 0.717) is 19.5 Å². The smallest absolute Gasteiger partial charge is 0.475 e. The molecule has 0 aliphatic carbocycles. The molecule has 3 fully saturated rings. The molecule has 4 rings (SSSR count). The van der Waals surface area contributed by atoms with Crippen molar-refractivity contribution in [1.82, 2.24) is 19.4 Å². The number of hydrogen-bond donors (Lipinski definition) is 2. The molecule has 1 aromatic rings. The minimum absolute atomic E-state index is 0.113. The molecule has 2 atom stereocenters. The van der Waals surface area contributed by atoms with Crippen LogP contribution >= 0.6 is 11.3 Å². The van der Waals surface area contributed by atoms with E-state index in [1.54, 1.807) is 11.3 Å². The van der Waals surface area contributed by atoms with E-state index in [1.165, 1.54) is 11.1 Å². The van der Waals surface area contributed by atoms with Crippen LogP contribution in [0.5, 0.6) is 0 Å². The number of amides is 2. The molecule has 0 saturated carbocycles. The number of nitrogens with zero attached hydrogens (tertiary/aromatic N) is 3. The van der Waals surface area contributed by atoms with Crippen molar-refractivity contribution in [3.63, 3.8) is 0 Å². The summed E-state index contributed by atoms with van der Waals surface area (Å²) < 4.78 is 58.6. The maximum absolute atomic E-state index is 13.0. The number of rotatable bonds is 4. The summed E-state index contributed by atoms with van der Waals surface area (Å²) in [4.78, 5) is 29.5. The summed E-state index contributed by atoms with van der Waals surface area (Å²) in [5.41, 5.74) is -0.214. The molecule has 3 saturated heterocycles. The highest BCUT2D eigenvalue weighted by Crippen LogP contribution is 2.40. The number of sulfonamides is 1. The fourth-order valence-electron chi connectivity index (χ4n) is 5.03. The number of thiophene rings is 1. The highest BCUT2D eigenvalue weighted by molar-refractivity contribution is 7.88. The second kappa shape index (κ2) is 11.0. The van der Waals surface area contributed by atoms with Crippen molar-refractivity contribution in [2.75, 3.05) is 45.5 Å². The van der Waals surface area contributed by atoms with Gasteiger partial charge in [0.25, 0.3) is 0 Å². The number of carboxylic acids is 1. The third-order valence-electron chi connectivity index (χ3n) is 6.60. The number of aliphatic carboxylic acids is 1. The summed E-state index contributed by atoms with van der Waals surface area (Å²) in [7, 11) is -3.29. The minimum atomic E-state index is -5.08. The molecule has 2 unspecified atom stereocenters. The molecule has 0 radical (unpaired) electrons. The fraction of sp³-hybridized carbons (Fsp3) is 0.714. The van der Waals surface area contributed by atoms with Gasteiger partial charge in [-0.15, -0.1) is 11.3 Å². The number of carbonyl (C=O) groups excluding carboxylic acids is 1. The van der Waals surface area contributed by atoms with Gasteiger partial charge in [-0.05, 0) is 43.7 Å². The van der Waals surface area contributed by atoms with Crippen LogP contribution in [0.3, 0.4) is 0 Å². The number of piperidine rings is 1. The third-order valence-corrected chi connectivity index (χ3v) is 8.18. The Hall–Kier alpha value is -1.90. The van der Waals surface area contributed by atoms with Gasteiger partial charge in [0.15, 0.2) is 0 Å². The van der Waals surface area contributed by atoms with Crippen molar-refractivity contribution >= 4 is 33.4 Å². The monoisotopic (exact) mass is 540 g/mol. The largest absolute Gasteiger partial charge is 0.490 e. The van der Waals surface area contributed by atoms with Crippen LogP contribution in [0.25, 0.3) is 0 Å². The predicted molar refractivity (Wildman–Crippen MR) is 124 cm³/mol. The summed E-state index contributed by atoms with van der Waals surface area (Å²) in [6, 6.07) is 4.23. The number of alkyl halides is 3. The number of carbonyl (C=O) groups is 2. The van der Waals surface area contributed by atoms with E-state index in [1.807, 2.05) is 9.80 Å². The lowest BCUT2D eigenvalue weighted by atomic mass is 9.75. The number of urea groups is 1. The van der Waals surface area contributed by atoms with E-state index < -0.39 is 22.2 Å². The zero-order chi connectivity index (χ0) is 25.9. The molecule has 0 bridgehead atoms. The second-order valence-corrected chi connectivity index (χ2v) is 12.1. The minimum Gasteiger partial charge on any atom is -0.475 e. The van der Waals surface area contributed by atoms with E-state index >= 15 is 0 Å². The van der Waals surface area contributed by atoms with Crippen LogP contribution in [0.1, 0.15) is 30.6 Å². The zero-order valence-corrected chi connectivity index (χ0v) is 21.1. The van der Waals surface area contributed by atoms with Gasteiger partial charge in [-0.3, -0.25) is 4.90 Å². The standard InChI is InChI=1S/C19H30N4O3S2.C2HF3O2/c1-28(25,26)20-17-6-10-23(18(24)22-8-2-3-9-22)15-19(17)7-11-21(14-19)13-16-5-4-12-27-16;3-2(4,5)1(6)7/h4-5,12,17,20H,2-3,6-11,13-15H2,1H3;(H,6,7). The van der Waals surface area contributed by atoms with Crippen molar-refractivity contribution in [2.45, 2.75) is 44.4 Å². The molecule has 198 valence electrons. The Labute approximate surface area is 206 Å². The summed E-state index contributed by atoms with van der Waals surface area (Å²) in [5, 5.41) is 9.21. The second-order valence-electron chi connectivity index (χ2n) is 9.33. The summed E-state index contributed by atoms with van der Waals surface area (Å²) in [5.74, 6) is -2.76. The Bertz CT molecular complexity index is 984. The molecule has 35 heavy (non-hydrogen) atoms. The summed E-state index contributed by atoms with van der Waals surface area (Å²) in [6.07, 6.45) is -0.0925. The van der Waals surface area contributed by atoms with E-state index in [0.717, 1.165) is 52.0 Å². The average molecular weight is 541 g/mol. The molecule has 2 amide bonds. The number of carboxylic acid groups (broad SMARTS) is 1. The van der Waals surface area contributed by atoms with Gasteiger partial charge in [-0.25, -0.2) is 22.7 Å². The molecule has 4 heterocycles. The predicted octanol–water partition coefficient (Wildman–Crippen LogP) is 2.41. The lowest BCUT2D eigenvalue weighted by molar-refractivity contribution is -0.192. The molecular weight excluding hydrogens is 509 g/mol. The zero-order valence-electron chi connectivity index (χ0n) is 19.5. The first-order chi connectivity index (χ1) is 16.3. The van der Waals surface area contributed by atoms with Crippen LogP contribution in [0, 0.1) is 5.41 Å². The van der Waals surface area contributed by atoms with Crippen molar-refractivity contribution in [3.8, 4) is 0 Å². The van der Waals surface area contributed by atoms with Crippen molar-refractivity contribution in [1.29, 1.82) is 0 Å². The molecule has 1 aromatic heterocycles. The summed E-state index contributed by atoms with van der Waals surface area (Å²) in [6.45, 7) is 5.60. The Kier molecular flexibility index (Phi) is 8.71. The fourth-order valence-corrected chi connectivity index (χ4v) is 6.66. The van der Waals surface area contributed by atoms with Gasteiger partial charge in [-0.2, -0.15) is 13.2 Å². The Morgan fingerprint density at radius 3 is 2.37 bits per heavy atom. The number of hydrogen-bond acceptors (Lipinski definition) is 6.